The Morgan fingerprint density at radius 1 is 1.00 bits per heavy atom. The molecule has 1 atom stereocenters. The van der Waals surface area contributed by atoms with Gasteiger partial charge in [-0.25, -0.2) is 0 Å². The van der Waals surface area contributed by atoms with E-state index in [1.807, 2.05) is 12.1 Å². The highest BCUT2D eigenvalue weighted by Crippen LogP contribution is 2.48. The van der Waals surface area contributed by atoms with E-state index < -0.39 is 17.3 Å². The summed E-state index contributed by atoms with van der Waals surface area (Å²) in [6.07, 6.45) is -4.41. The lowest BCUT2D eigenvalue weighted by Crippen LogP contribution is -2.27. The summed E-state index contributed by atoms with van der Waals surface area (Å²) >= 11 is 1.38. The standard InChI is InChI=1S/C15H11F3OS/c1-14(19)10-4-2-3-5-12(10)20-13-7-6-9(8-11(13)14)15(16,17)18/h2-8,19H,1H3/t14-/m1/s1. The molecule has 5 heteroatoms. The number of fused-ring (bicyclic) bond motifs is 2. The van der Waals surface area contributed by atoms with Crippen LogP contribution < -0.4 is 0 Å². The van der Waals surface area contributed by atoms with Crippen molar-refractivity contribution >= 4 is 11.8 Å². The van der Waals surface area contributed by atoms with E-state index in [2.05, 4.69) is 0 Å². The van der Waals surface area contributed by atoms with Gasteiger partial charge in [0.2, 0.25) is 0 Å². The Labute approximate surface area is 118 Å². The van der Waals surface area contributed by atoms with Gasteiger partial charge < -0.3 is 5.11 Å². The van der Waals surface area contributed by atoms with Crippen molar-refractivity contribution in [2.24, 2.45) is 0 Å². The third kappa shape index (κ3) is 2.01. The average Bonchev–Trinajstić information content (AvgIpc) is 2.37. The first-order chi connectivity index (χ1) is 9.30. The fourth-order valence-electron chi connectivity index (χ4n) is 2.40. The summed E-state index contributed by atoms with van der Waals surface area (Å²) in [6.45, 7) is 1.53. The maximum Gasteiger partial charge on any atom is 0.416 e. The molecule has 1 aliphatic heterocycles. The smallest absolute Gasteiger partial charge is 0.381 e. The molecule has 2 aromatic rings. The molecule has 2 aromatic carbocycles. The first-order valence-corrected chi connectivity index (χ1v) is 6.83. The van der Waals surface area contributed by atoms with Crippen LogP contribution in [0.1, 0.15) is 23.6 Å². The molecule has 0 aliphatic carbocycles. The largest absolute Gasteiger partial charge is 0.416 e. The van der Waals surface area contributed by atoms with Crippen LogP contribution in [-0.4, -0.2) is 5.11 Å². The molecule has 104 valence electrons. The van der Waals surface area contributed by atoms with E-state index in [1.54, 1.807) is 12.1 Å². The number of halogens is 3. The molecule has 3 rings (SSSR count). The van der Waals surface area contributed by atoms with Gasteiger partial charge in [-0.05, 0) is 31.2 Å². The summed E-state index contributed by atoms with van der Waals surface area (Å²) in [5.41, 5.74) is -1.22. The highest BCUT2D eigenvalue weighted by atomic mass is 32.2. The minimum Gasteiger partial charge on any atom is -0.381 e. The average molecular weight is 296 g/mol. The predicted octanol–water partition coefficient (Wildman–Crippen LogP) is 4.43. The molecule has 0 fully saturated rings. The molecule has 0 spiro atoms. The molecule has 0 saturated carbocycles. The summed E-state index contributed by atoms with van der Waals surface area (Å²) in [4.78, 5) is 1.52. The lowest BCUT2D eigenvalue weighted by molar-refractivity contribution is -0.137. The number of aliphatic hydroxyl groups is 1. The Balaban J connectivity index is 2.20. The van der Waals surface area contributed by atoms with E-state index in [9.17, 15) is 18.3 Å². The number of hydrogen-bond donors (Lipinski definition) is 1. The minimum absolute atomic E-state index is 0.302. The first kappa shape index (κ1) is 13.5. The van der Waals surface area contributed by atoms with Crippen LogP contribution in [0.15, 0.2) is 52.3 Å². The van der Waals surface area contributed by atoms with E-state index >= 15 is 0 Å². The van der Waals surface area contributed by atoms with E-state index in [-0.39, 0.29) is 0 Å². The molecule has 1 nitrogen and oxygen atoms in total. The SMILES string of the molecule is C[C@@]1(O)c2ccccc2Sc2ccc(C(F)(F)F)cc21. The Morgan fingerprint density at radius 2 is 1.65 bits per heavy atom. The fourth-order valence-corrected chi connectivity index (χ4v) is 3.66. The number of benzene rings is 2. The molecule has 0 amide bonds. The Kier molecular flexibility index (Phi) is 2.88. The zero-order chi connectivity index (χ0) is 14.5. The molecule has 0 aromatic heterocycles. The molecule has 20 heavy (non-hydrogen) atoms. The second-order valence-corrected chi connectivity index (χ2v) is 5.96. The van der Waals surface area contributed by atoms with Gasteiger partial charge in [-0.3, -0.25) is 0 Å². The highest BCUT2D eigenvalue weighted by molar-refractivity contribution is 7.99. The number of hydrogen-bond acceptors (Lipinski definition) is 2. The zero-order valence-corrected chi connectivity index (χ0v) is 11.3. The quantitative estimate of drug-likeness (QED) is 0.776. The van der Waals surface area contributed by atoms with E-state index in [1.165, 1.54) is 24.8 Å². The summed E-state index contributed by atoms with van der Waals surface area (Å²) in [5, 5.41) is 10.7. The van der Waals surface area contributed by atoms with Gasteiger partial charge in [0.25, 0.3) is 0 Å². The first-order valence-electron chi connectivity index (χ1n) is 6.01. The molecular weight excluding hydrogens is 285 g/mol. The molecule has 0 radical (unpaired) electrons. The third-order valence-corrected chi connectivity index (χ3v) is 4.61. The van der Waals surface area contributed by atoms with Crippen molar-refractivity contribution in [3.8, 4) is 0 Å². The molecule has 0 bridgehead atoms. The maximum absolute atomic E-state index is 12.8. The van der Waals surface area contributed by atoms with Crippen LogP contribution in [0.3, 0.4) is 0 Å². The molecule has 1 aliphatic rings. The summed E-state index contributed by atoms with van der Waals surface area (Å²) < 4.78 is 38.5. The van der Waals surface area contributed by atoms with Crippen LogP contribution >= 0.6 is 11.8 Å². The van der Waals surface area contributed by atoms with Gasteiger partial charge in [0.05, 0.1) is 5.56 Å². The predicted molar refractivity (Wildman–Crippen MR) is 70.7 cm³/mol. The molecule has 0 unspecified atom stereocenters. The summed E-state index contributed by atoms with van der Waals surface area (Å²) in [5.74, 6) is 0. The van der Waals surface area contributed by atoms with Crippen molar-refractivity contribution in [2.75, 3.05) is 0 Å². The number of alkyl halides is 3. The van der Waals surface area contributed by atoms with Gasteiger partial charge in [-0.15, -0.1) is 0 Å². The van der Waals surface area contributed by atoms with Gasteiger partial charge in [0.15, 0.2) is 0 Å². The van der Waals surface area contributed by atoms with Crippen LogP contribution in [0.2, 0.25) is 0 Å². The summed E-state index contributed by atoms with van der Waals surface area (Å²) in [6, 6.07) is 10.7. The van der Waals surface area contributed by atoms with Crippen LogP contribution in [0.5, 0.6) is 0 Å². The van der Waals surface area contributed by atoms with Gasteiger partial charge in [0, 0.05) is 20.9 Å². The normalized spacial score (nSPS) is 21.2. The molecule has 0 saturated heterocycles. The second kappa shape index (κ2) is 4.27. The number of rotatable bonds is 0. The third-order valence-electron chi connectivity index (χ3n) is 3.46. The monoisotopic (exact) mass is 296 g/mol. The van der Waals surface area contributed by atoms with E-state index in [0.717, 1.165) is 17.0 Å². The Hall–Kier alpha value is -1.46. The van der Waals surface area contributed by atoms with Crippen LogP contribution in [0.4, 0.5) is 13.2 Å². The van der Waals surface area contributed by atoms with E-state index in [0.29, 0.717) is 16.0 Å². The maximum atomic E-state index is 12.8. The van der Waals surface area contributed by atoms with Gasteiger partial charge >= 0.3 is 6.18 Å². The zero-order valence-electron chi connectivity index (χ0n) is 10.5. The van der Waals surface area contributed by atoms with Crippen molar-refractivity contribution in [3.05, 3.63) is 59.2 Å². The molecule has 1 N–H and O–H groups in total. The van der Waals surface area contributed by atoms with Crippen LogP contribution in [0, 0.1) is 0 Å². The molecule has 1 heterocycles. The molecular formula is C15H11F3OS. The van der Waals surface area contributed by atoms with E-state index in [4.69, 9.17) is 0 Å². The lowest BCUT2D eigenvalue weighted by Gasteiger charge is -2.33. The van der Waals surface area contributed by atoms with Crippen molar-refractivity contribution < 1.29 is 18.3 Å². The summed E-state index contributed by atoms with van der Waals surface area (Å²) in [7, 11) is 0. The minimum atomic E-state index is -4.41. The van der Waals surface area contributed by atoms with Gasteiger partial charge in [-0.2, -0.15) is 13.2 Å². The van der Waals surface area contributed by atoms with Crippen LogP contribution in [0.25, 0.3) is 0 Å². The highest BCUT2D eigenvalue weighted by Gasteiger charge is 2.38. The van der Waals surface area contributed by atoms with Gasteiger partial charge in [0.1, 0.15) is 5.60 Å². The Bertz CT molecular complexity index is 677. The van der Waals surface area contributed by atoms with Gasteiger partial charge in [-0.1, -0.05) is 30.0 Å². The second-order valence-electron chi connectivity index (χ2n) is 4.88. The lowest BCUT2D eigenvalue weighted by atomic mass is 9.86. The van der Waals surface area contributed by atoms with Crippen molar-refractivity contribution in [2.45, 2.75) is 28.5 Å². The van der Waals surface area contributed by atoms with Crippen LogP contribution in [-0.2, 0) is 11.8 Å². The van der Waals surface area contributed by atoms with Crippen molar-refractivity contribution in [1.82, 2.24) is 0 Å². The Morgan fingerprint density at radius 3 is 2.35 bits per heavy atom. The van der Waals surface area contributed by atoms with Crippen molar-refractivity contribution in [1.29, 1.82) is 0 Å². The fraction of sp³-hybridized carbons (Fsp3) is 0.200. The topological polar surface area (TPSA) is 20.2 Å². The van der Waals surface area contributed by atoms with Crippen molar-refractivity contribution in [3.63, 3.8) is 0 Å².